The van der Waals surface area contributed by atoms with Crippen LogP contribution in [0.15, 0.2) is 24.3 Å². The fourth-order valence-corrected chi connectivity index (χ4v) is 3.81. The SMILES string of the molecule is CC(=O)Nc1cc(Cl)cc2c1Oc1c(NC(=O)OC(C)(C)C)cc(Cl)cc1C2(C)C. The van der Waals surface area contributed by atoms with Crippen molar-refractivity contribution in [2.45, 2.75) is 52.6 Å². The highest BCUT2D eigenvalue weighted by molar-refractivity contribution is 6.31. The van der Waals surface area contributed by atoms with Crippen LogP contribution in [0, 0.1) is 0 Å². The van der Waals surface area contributed by atoms with Crippen molar-refractivity contribution in [1.82, 2.24) is 0 Å². The molecule has 0 radical (unpaired) electrons. The number of fused-ring (bicyclic) bond motifs is 2. The quantitative estimate of drug-likeness (QED) is 0.531. The molecule has 2 aromatic carbocycles. The largest absolute Gasteiger partial charge is 0.452 e. The van der Waals surface area contributed by atoms with E-state index < -0.39 is 17.1 Å². The maximum Gasteiger partial charge on any atom is 0.412 e. The minimum absolute atomic E-state index is 0.255. The number of halogens is 2. The Labute approximate surface area is 185 Å². The van der Waals surface area contributed by atoms with Crippen molar-refractivity contribution in [3.63, 3.8) is 0 Å². The van der Waals surface area contributed by atoms with Crippen LogP contribution in [-0.2, 0) is 14.9 Å². The predicted octanol–water partition coefficient (Wildman–Crippen LogP) is 6.73. The zero-order valence-electron chi connectivity index (χ0n) is 17.7. The van der Waals surface area contributed by atoms with Gasteiger partial charge in [-0.15, -0.1) is 0 Å². The molecular formula is C22H24Cl2N2O4. The van der Waals surface area contributed by atoms with Gasteiger partial charge in [0.15, 0.2) is 11.5 Å². The lowest BCUT2D eigenvalue weighted by Gasteiger charge is -2.36. The highest BCUT2D eigenvalue weighted by Gasteiger charge is 2.38. The zero-order valence-corrected chi connectivity index (χ0v) is 19.2. The highest BCUT2D eigenvalue weighted by Crippen LogP contribution is 2.54. The van der Waals surface area contributed by atoms with Gasteiger partial charge in [-0.25, -0.2) is 4.79 Å². The van der Waals surface area contributed by atoms with Crippen molar-refractivity contribution >= 4 is 46.6 Å². The molecule has 0 saturated heterocycles. The lowest BCUT2D eigenvalue weighted by atomic mass is 9.75. The van der Waals surface area contributed by atoms with E-state index in [1.165, 1.54) is 6.92 Å². The molecule has 0 unspecified atom stereocenters. The van der Waals surface area contributed by atoms with Gasteiger partial charge in [0.2, 0.25) is 5.91 Å². The summed E-state index contributed by atoms with van der Waals surface area (Å²) in [5.41, 5.74) is 1.14. The summed E-state index contributed by atoms with van der Waals surface area (Å²) in [5.74, 6) is 0.633. The number of hydrogen-bond donors (Lipinski definition) is 2. The van der Waals surface area contributed by atoms with Gasteiger partial charge in [0.1, 0.15) is 5.60 Å². The van der Waals surface area contributed by atoms with Crippen LogP contribution in [0.1, 0.15) is 52.7 Å². The van der Waals surface area contributed by atoms with Crippen molar-refractivity contribution < 1.29 is 19.1 Å². The Bertz CT molecular complexity index is 1040. The Hall–Kier alpha value is -2.44. The van der Waals surface area contributed by atoms with Gasteiger partial charge in [-0.2, -0.15) is 0 Å². The van der Waals surface area contributed by atoms with Crippen LogP contribution in [-0.4, -0.2) is 17.6 Å². The second-order valence-electron chi connectivity index (χ2n) is 8.70. The first-order valence-electron chi connectivity index (χ1n) is 9.41. The summed E-state index contributed by atoms with van der Waals surface area (Å²) in [4.78, 5) is 24.1. The fourth-order valence-electron chi connectivity index (χ4n) is 3.37. The number of rotatable bonds is 2. The molecule has 1 aliphatic heterocycles. The lowest BCUT2D eigenvalue weighted by Crippen LogP contribution is -2.29. The summed E-state index contributed by atoms with van der Waals surface area (Å²) in [7, 11) is 0. The molecule has 2 aromatic rings. The van der Waals surface area contributed by atoms with E-state index in [0.29, 0.717) is 32.9 Å². The molecular weight excluding hydrogens is 427 g/mol. The Kier molecular flexibility index (Phi) is 5.69. The van der Waals surface area contributed by atoms with Crippen LogP contribution in [0.5, 0.6) is 11.5 Å². The summed E-state index contributed by atoms with van der Waals surface area (Å²) in [6.45, 7) is 10.7. The van der Waals surface area contributed by atoms with Gasteiger partial charge in [0.05, 0.1) is 11.4 Å². The predicted molar refractivity (Wildman–Crippen MR) is 119 cm³/mol. The monoisotopic (exact) mass is 450 g/mol. The van der Waals surface area contributed by atoms with Crippen molar-refractivity contribution in [2.24, 2.45) is 0 Å². The van der Waals surface area contributed by atoms with Crippen molar-refractivity contribution in [2.75, 3.05) is 10.6 Å². The third kappa shape index (κ3) is 4.50. The maximum atomic E-state index is 12.4. The van der Waals surface area contributed by atoms with E-state index in [0.717, 1.165) is 11.1 Å². The Morgan fingerprint density at radius 1 is 0.933 bits per heavy atom. The molecule has 0 fully saturated rings. The second-order valence-corrected chi connectivity index (χ2v) is 9.57. The molecule has 2 amide bonds. The average Bonchev–Trinajstić information content (AvgIpc) is 2.54. The molecule has 0 aliphatic carbocycles. The minimum atomic E-state index is -0.662. The molecule has 6 nitrogen and oxygen atoms in total. The number of carbonyl (C=O) groups is 2. The van der Waals surface area contributed by atoms with Gasteiger partial charge in [-0.3, -0.25) is 10.1 Å². The molecule has 0 bridgehead atoms. The Morgan fingerprint density at radius 2 is 1.40 bits per heavy atom. The number of amides is 2. The summed E-state index contributed by atoms with van der Waals surface area (Å²) in [6.07, 6.45) is -0.627. The van der Waals surface area contributed by atoms with Crippen LogP contribution in [0.25, 0.3) is 0 Å². The number of ether oxygens (including phenoxy) is 2. The molecule has 0 spiro atoms. The number of carbonyl (C=O) groups excluding carboxylic acids is 2. The van der Waals surface area contributed by atoms with Gasteiger partial charge in [0.25, 0.3) is 0 Å². The summed E-state index contributed by atoms with van der Waals surface area (Å²) in [6, 6.07) is 6.81. The number of benzene rings is 2. The molecule has 1 aliphatic rings. The van der Waals surface area contributed by atoms with Crippen LogP contribution in [0.2, 0.25) is 10.0 Å². The summed E-state index contributed by atoms with van der Waals surface area (Å²) in [5, 5.41) is 6.38. The number of hydrogen-bond acceptors (Lipinski definition) is 4. The average molecular weight is 451 g/mol. The zero-order chi connectivity index (χ0) is 22.4. The minimum Gasteiger partial charge on any atom is -0.452 e. The molecule has 8 heteroatoms. The van der Waals surface area contributed by atoms with Gasteiger partial charge in [0, 0.05) is 33.5 Å². The van der Waals surface area contributed by atoms with Gasteiger partial charge in [-0.05, 0) is 45.0 Å². The molecule has 160 valence electrons. The normalized spacial score (nSPS) is 14.1. The lowest BCUT2D eigenvalue weighted by molar-refractivity contribution is -0.114. The first-order valence-corrected chi connectivity index (χ1v) is 10.2. The maximum absolute atomic E-state index is 12.4. The van der Waals surface area contributed by atoms with E-state index in [1.807, 2.05) is 13.8 Å². The molecule has 2 N–H and O–H groups in total. The smallest absolute Gasteiger partial charge is 0.412 e. The number of nitrogens with one attached hydrogen (secondary N) is 2. The van der Waals surface area contributed by atoms with E-state index >= 15 is 0 Å². The first kappa shape index (κ1) is 22.2. The van der Waals surface area contributed by atoms with Crippen LogP contribution in [0.3, 0.4) is 0 Å². The van der Waals surface area contributed by atoms with Crippen molar-refractivity contribution in [3.8, 4) is 11.5 Å². The standard InChI is InChI=1S/C22H24Cl2N2O4/c1-11(27)25-16-9-12(23)7-14-18(16)29-19-15(22(14,5)6)8-13(24)10-17(19)26-20(28)30-21(2,3)4/h7-10H,1-6H3,(H,25,27)(H,26,28). The topological polar surface area (TPSA) is 76.7 Å². The van der Waals surface area contributed by atoms with Gasteiger partial charge >= 0.3 is 6.09 Å². The van der Waals surface area contributed by atoms with Crippen LogP contribution in [0.4, 0.5) is 16.2 Å². The van der Waals surface area contributed by atoms with E-state index in [1.54, 1.807) is 45.0 Å². The molecule has 3 rings (SSSR count). The Morgan fingerprint density at radius 3 is 1.83 bits per heavy atom. The van der Waals surface area contributed by atoms with Gasteiger partial charge < -0.3 is 14.8 Å². The molecule has 0 saturated carbocycles. The van der Waals surface area contributed by atoms with Crippen molar-refractivity contribution in [1.29, 1.82) is 0 Å². The second kappa shape index (κ2) is 7.67. The third-order valence-electron chi connectivity index (χ3n) is 4.60. The van der Waals surface area contributed by atoms with Gasteiger partial charge in [-0.1, -0.05) is 37.0 Å². The molecule has 1 heterocycles. The molecule has 30 heavy (non-hydrogen) atoms. The Balaban J connectivity index is 2.14. The summed E-state index contributed by atoms with van der Waals surface area (Å²) >= 11 is 12.7. The number of anilines is 2. The van der Waals surface area contributed by atoms with Crippen LogP contribution < -0.4 is 15.4 Å². The molecule has 0 atom stereocenters. The van der Waals surface area contributed by atoms with E-state index in [4.69, 9.17) is 32.7 Å². The fraction of sp³-hybridized carbons (Fsp3) is 0.364. The molecule has 0 aromatic heterocycles. The van der Waals surface area contributed by atoms with E-state index in [2.05, 4.69) is 10.6 Å². The van der Waals surface area contributed by atoms with E-state index in [9.17, 15) is 9.59 Å². The van der Waals surface area contributed by atoms with Crippen LogP contribution >= 0.6 is 23.2 Å². The third-order valence-corrected chi connectivity index (χ3v) is 5.04. The summed E-state index contributed by atoms with van der Waals surface area (Å²) < 4.78 is 11.6. The van der Waals surface area contributed by atoms with Crippen molar-refractivity contribution in [3.05, 3.63) is 45.4 Å². The highest BCUT2D eigenvalue weighted by atomic mass is 35.5. The first-order chi connectivity index (χ1) is 13.8. The van der Waals surface area contributed by atoms with E-state index in [-0.39, 0.29) is 5.91 Å².